The number of ether oxygens (including phenoxy) is 1. The van der Waals surface area contributed by atoms with Gasteiger partial charge in [-0.1, -0.05) is 12.1 Å². The number of hydrogen-bond donors (Lipinski definition) is 2. The van der Waals surface area contributed by atoms with Crippen molar-refractivity contribution < 1.29 is 23.0 Å². The highest BCUT2D eigenvalue weighted by molar-refractivity contribution is 5.27. The predicted molar refractivity (Wildman–Crippen MR) is 88.2 cm³/mol. The third-order valence-corrected chi connectivity index (χ3v) is 5.21. The van der Waals surface area contributed by atoms with E-state index in [1.165, 1.54) is 12.1 Å². The largest absolute Gasteiger partial charge is 0.416 e. The molecule has 2 aliphatic rings. The number of benzene rings is 1. The van der Waals surface area contributed by atoms with E-state index in [0.29, 0.717) is 11.6 Å². The molecule has 1 aromatic carbocycles. The van der Waals surface area contributed by atoms with Crippen molar-refractivity contribution in [3.05, 3.63) is 35.4 Å². The lowest BCUT2D eigenvalue weighted by molar-refractivity contribution is -0.137. The summed E-state index contributed by atoms with van der Waals surface area (Å²) >= 11 is 0. The SMILES string of the molecule is OCC(NC1CCN(C2CCOC2)CC1)c1ccc(C(F)(F)F)cc1. The molecule has 0 bridgehead atoms. The molecule has 0 saturated carbocycles. The van der Waals surface area contributed by atoms with E-state index >= 15 is 0 Å². The number of aliphatic hydroxyl groups is 1. The predicted octanol–water partition coefficient (Wildman–Crippen LogP) is 2.58. The van der Waals surface area contributed by atoms with Crippen molar-refractivity contribution >= 4 is 0 Å². The second kappa shape index (κ2) is 8.03. The maximum Gasteiger partial charge on any atom is 0.416 e. The van der Waals surface area contributed by atoms with Gasteiger partial charge in [-0.15, -0.1) is 0 Å². The molecular weight excluding hydrogens is 333 g/mol. The number of piperidine rings is 1. The fourth-order valence-electron chi connectivity index (χ4n) is 3.68. The molecule has 0 aromatic heterocycles. The molecular formula is C18H25F3N2O2. The van der Waals surface area contributed by atoms with Crippen LogP contribution in [0.3, 0.4) is 0 Å². The zero-order valence-corrected chi connectivity index (χ0v) is 14.1. The van der Waals surface area contributed by atoms with Crippen molar-refractivity contribution in [2.75, 3.05) is 32.9 Å². The number of alkyl halides is 3. The van der Waals surface area contributed by atoms with E-state index in [9.17, 15) is 18.3 Å². The highest BCUT2D eigenvalue weighted by Gasteiger charge is 2.31. The summed E-state index contributed by atoms with van der Waals surface area (Å²) in [7, 11) is 0. The number of halogens is 3. The first-order valence-electron chi connectivity index (χ1n) is 8.83. The minimum atomic E-state index is -4.34. The van der Waals surface area contributed by atoms with Gasteiger partial charge in [0.2, 0.25) is 0 Å². The summed E-state index contributed by atoms with van der Waals surface area (Å²) in [5.74, 6) is 0. The molecule has 0 radical (unpaired) electrons. The summed E-state index contributed by atoms with van der Waals surface area (Å²) in [5, 5.41) is 13.1. The van der Waals surface area contributed by atoms with E-state index in [-0.39, 0.29) is 18.7 Å². The average molecular weight is 358 g/mol. The molecule has 0 aliphatic carbocycles. The summed E-state index contributed by atoms with van der Waals surface area (Å²) < 4.78 is 43.4. The van der Waals surface area contributed by atoms with Gasteiger partial charge in [0.1, 0.15) is 0 Å². The summed E-state index contributed by atoms with van der Waals surface area (Å²) in [6, 6.07) is 5.48. The van der Waals surface area contributed by atoms with Crippen LogP contribution in [0.2, 0.25) is 0 Å². The topological polar surface area (TPSA) is 44.7 Å². The quantitative estimate of drug-likeness (QED) is 0.849. The van der Waals surface area contributed by atoms with E-state index in [1.54, 1.807) is 0 Å². The minimum Gasteiger partial charge on any atom is -0.394 e. The van der Waals surface area contributed by atoms with Gasteiger partial charge in [-0.25, -0.2) is 0 Å². The van der Waals surface area contributed by atoms with Crippen LogP contribution in [0.5, 0.6) is 0 Å². The number of nitrogens with one attached hydrogen (secondary N) is 1. The molecule has 0 spiro atoms. The molecule has 2 saturated heterocycles. The second-order valence-electron chi connectivity index (χ2n) is 6.85. The maximum absolute atomic E-state index is 12.7. The molecule has 3 rings (SSSR count). The molecule has 4 nitrogen and oxygen atoms in total. The molecule has 1 aromatic rings. The van der Waals surface area contributed by atoms with E-state index in [2.05, 4.69) is 10.2 Å². The monoisotopic (exact) mass is 358 g/mol. The lowest BCUT2D eigenvalue weighted by atomic mass is 9.99. The smallest absolute Gasteiger partial charge is 0.394 e. The lowest BCUT2D eigenvalue weighted by Crippen LogP contribution is -2.48. The fourth-order valence-corrected chi connectivity index (χ4v) is 3.68. The third-order valence-electron chi connectivity index (χ3n) is 5.21. The Bertz CT molecular complexity index is 536. The van der Waals surface area contributed by atoms with Crippen LogP contribution >= 0.6 is 0 Å². The van der Waals surface area contributed by atoms with E-state index < -0.39 is 11.7 Å². The highest BCUT2D eigenvalue weighted by atomic mass is 19.4. The van der Waals surface area contributed by atoms with Crippen LogP contribution in [0, 0.1) is 0 Å². The Balaban J connectivity index is 1.54. The molecule has 7 heteroatoms. The van der Waals surface area contributed by atoms with Crippen molar-refractivity contribution in [1.82, 2.24) is 10.2 Å². The van der Waals surface area contributed by atoms with Crippen LogP contribution in [0.25, 0.3) is 0 Å². The molecule has 25 heavy (non-hydrogen) atoms. The summed E-state index contributed by atoms with van der Waals surface area (Å²) in [4.78, 5) is 2.46. The van der Waals surface area contributed by atoms with Gasteiger partial charge >= 0.3 is 6.18 Å². The van der Waals surface area contributed by atoms with Crippen LogP contribution in [0.1, 0.15) is 36.4 Å². The number of aliphatic hydroxyl groups excluding tert-OH is 1. The van der Waals surface area contributed by atoms with Crippen LogP contribution in [0.4, 0.5) is 13.2 Å². The molecule has 2 N–H and O–H groups in total. The average Bonchev–Trinajstić information content (AvgIpc) is 3.14. The van der Waals surface area contributed by atoms with Gasteiger partial charge in [0.25, 0.3) is 0 Å². The second-order valence-corrected chi connectivity index (χ2v) is 6.85. The standard InChI is InChI=1S/C18H25F3N2O2/c19-18(20,21)14-3-1-13(2-4-14)17(11-24)22-15-5-8-23(9-6-15)16-7-10-25-12-16/h1-4,15-17,22,24H,5-12H2. The van der Waals surface area contributed by atoms with E-state index in [0.717, 1.165) is 57.7 Å². The molecule has 2 unspecified atom stereocenters. The minimum absolute atomic E-state index is 0.137. The van der Waals surface area contributed by atoms with Crippen LogP contribution in [-0.4, -0.2) is 55.0 Å². The van der Waals surface area contributed by atoms with Crippen LogP contribution < -0.4 is 5.32 Å². The van der Waals surface area contributed by atoms with E-state index in [1.807, 2.05) is 0 Å². The van der Waals surface area contributed by atoms with Gasteiger partial charge in [-0.3, -0.25) is 4.90 Å². The lowest BCUT2D eigenvalue weighted by Gasteiger charge is -2.37. The zero-order chi connectivity index (χ0) is 17.9. The molecule has 2 aliphatic heterocycles. The van der Waals surface area contributed by atoms with Crippen molar-refractivity contribution in [3.63, 3.8) is 0 Å². The van der Waals surface area contributed by atoms with Gasteiger partial charge < -0.3 is 15.2 Å². The Labute approximate surface area is 146 Å². The van der Waals surface area contributed by atoms with Crippen molar-refractivity contribution in [1.29, 1.82) is 0 Å². The Morgan fingerprint density at radius 2 is 1.84 bits per heavy atom. The van der Waals surface area contributed by atoms with Gasteiger partial charge in [-0.05, 0) is 37.0 Å². The number of hydrogen-bond acceptors (Lipinski definition) is 4. The zero-order valence-electron chi connectivity index (χ0n) is 14.1. The summed E-state index contributed by atoms with van der Waals surface area (Å²) in [6.07, 6.45) is -1.32. The van der Waals surface area contributed by atoms with Crippen molar-refractivity contribution in [2.45, 2.75) is 43.6 Å². The van der Waals surface area contributed by atoms with E-state index in [4.69, 9.17) is 4.74 Å². The van der Waals surface area contributed by atoms with Crippen molar-refractivity contribution in [2.24, 2.45) is 0 Å². The van der Waals surface area contributed by atoms with Crippen molar-refractivity contribution in [3.8, 4) is 0 Å². The molecule has 2 heterocycles. The summed E-state index contributed by atoms with van der Waals surface area (Å²) in [5.41, 5.74) is 0.0159. The van der Waals surface area contributed by atoms with Gasteiger partial charge in [0.05, 0.1) is 24.8 Å². The Morgan fingerprint density at radius 1 is 1.16 bits per heavy atom. The number of likely N-dealkylation sites (tertiary alicyclic amines) is 1. The Hall–Kier alpha value is -1.15. The first-order chi connectivity index (χ1) is 12.0. The highest BCUT2D eigenvalue weighted by Crippen LogP contribution is 2.30. The van der Waals surface area contributed by atoms with Crippen LogP contribution in [-0.2, 0) is 10.9 Å². The molecule has 0 amide bonds. The Kier molecular flexibility index (Phi) is 5.99. The third kappa shape index (κ3) is 4.73. The molecule has 2 fully saturated rings. The normalized spacial score (nSPS) is 24.6. The Morgan fingerprint density at radius 3 is 2.36 bits per heavy atom. The number of nitrogens with zero attached hydrogens (tertiary/aromatic N) is 1. The summed E-state index contributed by atoms with van der Waals surface area (Å²) in [6.45, 7) is 3.47. The fraction of sp³-hybridized carbons (Fsp3) is 0.667. The van der Waals surface area contributed by atoms with Gasteiger partial charge in [0, 0.05) is 31.8 Å². The first kappa shape index (κ1) is 18.6. The molecule has 2 atom stereocenters. The maximum atomic E-state index is 12.7. The molecule has 140 valence electrons. The first-order valence-corrected chi connectivity index (χ1v) is 8.83. The number of rotatable bonds is 5. The van der Waals surface area contributed by atoms with Gasteiger partial charge in [0.15, 0.2) is 0 Å². The van der Waals surface area contributed by atoms with Crippen LogP contribution in [0.15, 0.2) is 24.3 Å². The van der Waals surface area contributed by atoms with Gasteiger partial charge in [-0.2, -0.15) is 13.2 Å².